The van der Waals surface area contributed by atoms with Gasteiger partial charge >= 0.3 is 0 Å². The van der Waals surface area contributed by atoms with Crippen LogP contribution in [0.4, 0.5) is 5.69 Å². The molecule has 1 N–H and O–H groups in total. The molecule has 0 aromatic heterocycles. The highest BCUT2D eigenvalue weighted by Crippen LogP contribution is 2.25. The van der Waals surface area contributed by atoms with E-state index in [1.54, 1.807) is 4.90 Å². The zero-order valence-electron chi connectivity index (χ0n) is 16.4. The molecule has 0 aliphatic carbocycles. The molecule has 0 bridgehead atoms. The molecule has 2 aliphatic heterocycles. The Balaban J connectivity index is 1.55. The third-order valence-corrected chi connectivity index (χ3v) is 5.38. The van der Waals surface area contributed by atoms with Crippen molar-refractivity contribution in [2.75, 3.05) is 44.3 Å². The fourth-order valence-corrected chi connectivity index (χ4v) is 3.95. The van der Waals surface area contributed by atoms with Gasteiger partial charge in [0.05, 0.1) is 19.1 Å². The molecule has 3 rings (SSSR count). The molecule has 148 valence electrons. The van der Waals surface area contributed by atoms with Crippen LogP contribution in [0.15, 0.2) is 30.3 Å². The van der Waals surface area contributed by atoms with Crippen LogP contribution in [0, 0.1) is 11.8 Å². The van der Waals surface area contributed by atoms with E-state index in [2.05, 4.69) is 24.1 Å². The minimum absolute atomic E-state index is 0.0104. The van der Waals surface area contributed by atoms with E-state index in [-0.39, 0.29) is 24.2 Å². The lowest BCUT2D eigenvalue weighted by atomic mass is 10.0. The van der Waals surface area contributed by atoms with E-state index < -0.39 is 0 Å². The Labute approximate surface area is 161 Å². The van der Waals surface area contributed by atoms with Gasteiger partial charge in [-0.15, -0.1) is 0 Å². The van der Waals surface area contributed by atoms with Crippen LogP contribution in [-0.2, 0) is 14.3 Å². The molecule has 1 aromatic carbocycles. The molecule has 2 amide bonds. The second kappa shape index (κ2) is 9.33. The van der Waals surface area contributed by atoms with Gasteiger partial charge in [0.25, 0.3) is 0 Å². The van der Waals surface area contributed by atoms with Gasteiger partial charge in [0.1, 0.15) is 0 Å². The van der Waals surface area contributed by atoms with Crippen molar-refractivity contribution in [1.29, 1.82) is 0 Å². The molecule has 27 heavy (non-hydrogen) atoms. The standard InChI is InChI=1S/C21H31N3O3/c1-16(2)12-19(23-8-10-27-11-9-23)14-22-21(26)17-13-20(25)24(15-17)18-6-4-3-5-7-18/h3-7,16-17,19H,8-15H2,1-2H3,(H,22,26). The van der Waals surface area contributed by atoms with E-state index in [0.29, 0.717) is 25.0 Å². The second-order valence-electron chi connectivity index (χ2n) is 7.92. The van der Waals surface area contributed by atoms with E-state index >= 15 is 0 Å². The van der Waals surface area contributed by atoms with Gasteiger partial charge in [-0.05, 0) is 24.5 Å². The van der Waals surface area contributed by atoms with Gasteiger partial charge in [-0.3, -0.25) is 14.5 Å². The third-order valence-electron chi connectivity index (χ3n) is 5.38. The van der Waals surface area contributed by atoms with Gasteiger partial charge in [0, 0.05) is 44.3 Å². The Hall–Kier alpha value is -1.92. The lowest BCUT2D eigenvalue weighted by molar-refractivity contribution is -0.126. The largest absolute Gasteiger partial charge is 0.379 e. The summed E-state index contributed by atoms with van der Waals surface area (Å²) in [7, 11) is 0. The average Bonchev–Trinajstić information content (AvgIpc) is 3.08. The first-order chi connectivity index (χ1) is 13.0. The third kappa shape index (κ3) is 5.30. The van der Waals surface area contributed by atoms with Crippen molar-refractivity contribution in [3.8, 4) is 0 Å². The fraction of sp³-hybridized carbons (Fsp3) is 0.619. The summed E-state index contributed by atoms with van der Waals surface area (Å²) < 4.78 is 5.46. The summed E-state index contributed by atoms with van der Waals surface area (Å²) in [4.78, 5) is 29.2. The highest BCUT2D eigenvalue weighted by molar-refractivity contribution is 6.00. The van der Waals surface area contributed by atoms with Crippen molar-refractivity contribution in [2.24, 2.45) is 11.8 Å². The highest BCUT2D eigenvalue weighted by atomic mass is 16.5. The van der Waals surface area contributed by atoms with Crippen LogP contribution in [0.25, 0.3) is 0 Å². The molecule has 2 aliphatic rings. The molecular formula is C21H31N3O3. The molecule has 2 unspecified atom stereocenters. The summed E-state index contributed by atoms with van der Waals surface area (Å²) in [6, 6.07) is 9.89. The number of benzene rings is 1. The lowest BCUT2D eigenvalue weighted by Gasteiger charge is -2.35. The molecule has 0 spiro atoms. The Kier molecular flexibility index (Phi) is 6.85. The minimum Gasteiger partial charge on any atom is -0.379 e. The number of rotatable bonds is 7. The summed E-state index contributed by atoms with van der Waals surface area (Å²) in [5, 5.41) is 3.12. The number of anilines is 1. The number of morpholine rings is 1. The number of nitrogens with one attached hydrogen (secondary N) is 1. The molecule has 2 fully saturated rings. The van der Waals surface area contributed by atoms with Crippen LogP contribution in [0.1, 0.15) is 26.7 Å². The number of amides is 2. The van der Waals surface area contributed by atoms with Crippen molar-refractivity contribution in [3.63, 3.8) is 0 Å². The molecule has 2 heterocycles. The normalized spacial score (nSPS) is 22.3. The monoisotopic (exact) mass is 373 g/mol. The number of ether oxygens (including phenoxy) is 1. The van der Waals surface area contributed by atoms with E-state index in [1.807, 2.05) is 30.3 Å². The molecule has 0 saturated carbocycles. The van der Waals surface area contributed by atoms with Crippen molar-refractivity contribution in [2.45, 2.75) is 32.7 Å². The first kappa shape index (κ1) is 19.8. The van der Waals surface area contributed by atoms with Crippen LogP contribution in [0.5, 0.6) is 0 Å². The van der Waals surface area contributed by atoms with Gasteiger partial charge in [-0.25, -0.2) is 0 Å². The van der Waals surface area contributed by atoms with E-state index in [4.69, 9.17) is 4.74 Å². The Morgan fingerprint density at radius 1 is 1.22 bits per heavy atom. The van der Waals surface area contributed by atoms with Crippen LogP contribution >= 0.6 is 0 Å². The number of hydrogen-bond acceptors (Lipinski definition) is 4. The molecule has 0 radical (unpaired) electrons. The van der Waals surface area contributed by atoms with Gasteiger partial charge in [0.15, 0.2) is 0 Å². The maximum Gasteiger partial charge on any atom is 0.227 e. The zero-order valence-corrected chi connectivity index (χ0v) is 16.4. The second-order valence-corrected chi connectivity index (χ2v) is 7.92. The summed E-state index contributed by atoms with van der Waals surface area (Å²) >= 11 is 0. The number of nitrogens with zero attached hydrogens (tertiary/aromatic N) is 2. The Morgan fingerprint density at radius 2 is 1.93 bits per heavy atom. The number of carbonyl (C=O) groups is 2. The van der Waals surface area contributed by atoms with Crippen LogP contribution in [0.3, 0.4) is 0 Å². The SMILES string of the molecule is CC(C)CC(CNC(=O)C1CC(=O)N(c2ccccc2)C1)N1CCOCC1. The van der Waals surface area contributed by atoms with Crippen molar-refractivity contribution in [3.05, 3.63) is 30.3 Å². The maximum absolute atomic E-state index is 12.7. The number of carbonyl (C=O) groups excluding carboxylic acids is 2. The van der Waals surface area contributed by atoms with Crippen molar-refractivity contribution >= 4 is 17.5 Å². The molecule has 6 heteroatoms. The van der Waals surface area contributed by atoms with Gasteiger partial charge < -0.3 is 15.0 Å². The van der Waals surface area contributed by atoms with Crippen molar-refractivity contribution < 1.29 is 14.3 Å². The first-order valence-corrected chi connectivity index (χ1v) is 9.99. The van der Waals surface area contributed by atoms with Crippen LogP contribution in [0.2, 0.25) is 0 Å². The van der Waals surface area contributed by atoms with Crippen LogP contribution < -0.4 is 10.2 Å². The van der Waals surface area contributed by atoms with E-state index in [9.17, 15) is 9.59 Å². The minimum atomic E-state index is -0.276. The topological polar surface area (TPSA) is 61.9 Å². The number of hydrogen-bond donors (Lipinski definition) is 1. The lowest BCUT2D eigenvalue weighted by Crippen LogP contribution is -2.50. The summed E-state index contributed by atoms with van der Waals surface area (Å²) in [6.07, 6.45) is 1.33. The van der Waals surface area contributed by atoms with Crippen molar-refractivity contribution in [1.82, 2.24) is 10.2 Å². The highest BCUT2D eigenvalue weighted by Gasteiger charge is 2.35. The Morgan fingerprint density at radius 3 is 2.59 bits per heavy atom. The van der Waals surface area contributed by atoms with E-state index in [0.717, 1.165) is 38.4 Å². The summed E-state index contributed by atoms with van der Waals surface area (Å²) in [5.74, 6) is 0.301. The molecule has 1 aromatic rings. The predicted molar refractivity (Wildman–Crippen MR) is 106 cm³/mol. The first-order valence-electron chi connectivity index (χ1n) is 9.99. The molecule has 2 atom stereocenters. The van der Waals surface area contributed by atoms with E-state index in [1.165, 1.54) is 0 Å². The zero-order chi connectivity index (χ0) is 19.2. The van der Waals surface area contributed by atoms with Gasteiger partial charge in [0.2, 0.25) is 11.8 Å². The quantitative estimate of drug-likeness (QED) is 0.793. The smallest absolute Gasteiger partial charge is 0.227 e. The molecule has 2 saturated heterocycles. The van der Waals surface area contributed by atoms with Crippen LogP contribution in [-0.4, -0.2) is 62.1 Å². The summed E-state index contributed by atoms with van der Waals surface area (Å²) in [6.45, 7) is 8.85. The fourth-order valence-electron chi connectivity index (χ4n) is 3.95. The van der Waals surface area contributed by atoms with Gasteiger partial charge in [-0.2, -0.15) is 0 Å². The predicted octanol–water partition coefficient (Wildman–Crippen LogP) is 1.90. The molecular weight excluding hydrogens is 342 g/mol. The van der Waals surface area contributed by atoms with Gasteiger partial charge in [-0.1, -0.05) is 32.0 Å². The number of para-hydroxylation sites is 1. The average molecular weight is 373 g/mol. The molecule has 6 nitrogen and oxygen atoms in total. The Bertz CT molecular complexity index is 629. The maximum atomic E-state index is 12.7. The summed E-state index contributed by atoms with van der Waals surface area (Å²) in [5.41, 5.74) is 0.865.